The highest BCUT2D eigenvalue weighted by atomic mass is 16.5. The molecule has 3 rings (SSSR count). The Labute approximate surface area is 153 Å². The van der Waals surface area contributed by atoms with Gasteiger partial charge < -0.3 is 15.2 Å². The number of rotatable bonds is 6. The van der Waals surface area contributed by atoms with Crippen LogP contribution in [-0.4, -0.2) is 18.4 Å². The van der Waals surface area contributed by atoms with E-state index in [9.17, 15) is 5.11 Å². The SMILES string of the molecule is COc1ccc(Nc2cccc(N/N=C/c3ccc(O)cc3C)c2)cc1. The first-order chi connectivity index (χ1) is 12.6. The minimum absolute atomic E-state index is 0.255. The summed E-state index contributed by atoms with van der Waals surface area (Å²) in [5.41, 5.74) is 7.74. The molecule has 0 aliphatic carbocycles. The summed E-state index contributed by atoms with van der Waals surface area (Å²) in [5.74, 6) is 1.08. The van der Waals surface area contributed by atoms with Crippen molar-refractivity contribution in [3.8, 4) is 11.5 Å². The molecule has 0 bridgehead atoms. The van der Waals surface area contributed by atoms with Gasteiger partial charge >= 0.3 is 0 Å². The smallest absolute Gasteiger partial charge is 0.119 e. The average Bonchev–Trinajstić information content (AvgIpc) is 2.64. The van der Waals surface area contributed by atoms with Crippen molar-refractivity contribution in [1.29, 1.82) is 0 Å². The molecular weight excluding hydrogens is 326 g/mol. The maximum atomic E-state index is 9.45. The van der Waals surface area contributed by atoms with E-state index in [-0.39, 0.29) is 5.75 Å². The summed E-state index contributed by atoms with van der Waals surface area (Å²) in [4.78, 5) is 0. The summed E-state index contributed by atoms with van der Waals surface area (Å²) >= 11 is 0. The minimum Gasteiger partial charge on any atom is -0.508 e. The summed E-state index contributed by atoms with van der Waals surface area (Å²) < 4.78 is 5.17. The lowest BCUT2D eigenvalue weighted by molar-refractivity contribution is 0.415. The van der Waals surface area contributed by atoms with E-state index in [0.717, 1.165) is 33.9 Å². The number of aromatic hydroxyl groups is 1. The molecule has 5 heteroatoms. The third-order valence-electron chi connectivity index (χ3n) is 3.89. The van der Waals surface area contributed by atoms with Crippen LogP contribution in [0.4, 0.5) is 17.1 Å². The molecule has 26 heavy (non-hydrogen) atoms. The van der Waals surface area contributed by atoms with Crippen molar-refractivity contribution in [3.05, 3.63) is 77.9 Å². The first kappa shape index (κ1) is 17.4. The maximum absolute atomic E-state index is 9.45. The zero-order chi connectivity index (χ0) is 18.4. The molecule has 3 N–H and O–H groups in total. The summed E-state index contributed by atoms with van der Waals surface area (Å²) in [6.07, 6.45) is 1.73. The molecule has 3 aromatic rings. The number of anilines is 3. The molecule has 0 saturated heterocycles. The normalized spacial score (nSPS) is 10.7. The monoisotopic (exact) mass is 347 g/mol. The summed E-state index contributed by atoms with van der Waals surface area (Å²) in [6, 6.07) is 20.8. The number of phenolic OH excluding ortho intramolecular Hbond substituents is 1. The number of ether oxygens (including phenoxy) is 1. The Balaban J connectivity index is 1.65. The lowest BCUT2D eigenvalue weighted by atomic mass is 10.1. The molecule has 0 aliphatic rings. The first-order valence-electron chi connectivity index (χ1n) is 8.24. The molecule has 5 nitrogen and oxygen atoms in total. The van der Waals surface area contributed by atoms with Crippen LogP contribution in [0.3, 0.4) is 0 Å². The largest absolute Gasteiger partial charge is 0.508 e. The Kier molecular flexibility index (Phi) is 5.39. The Morgan fingerprint density at radius 1 is 0.923 bits per heavy atom. The highest BCUT2D eigenvalue weighted by molar-refractivity contribution is 5.82. The Morgan fingerprint density at radius 3 is 2.42 bits per heavy atom. The predicted molar refractivity (Wildman–Crippen MR) is 107 cm³/mol. The number of benzene rings is 3. The highest BCUT2D eigenvalue weighted by Gasteiger charge is 1.99. The van der Waals surface area contributed by atoms with Crippen LogP contribution in [0.2, 0.25) is 0 Å². The molecule has 132 valence electrons. The van der Waals surface area contributed by atoms with Crippen molar-refractivity contribution in [1.82, 2.24) is 0 Å². The van der Waals surface area contributed by atoms with Crippen LogP contribution < -0.4 is 15.5 Å². The first-order valence-corrected chi connectivity index (χ1v) is 8.24. The van der Waals surface area contributed by atoms with Crippen molar-refractivity contribution in [2.45, 2.75) is 6.92 Å². The number of hydrazone groups is 1. The third kappa shape index (κ3) is 4.54. The van der Waals surface area contributed by atoms with E-state index in [0.29, 0.717) is 0 Å². The molecule has 0 fully saturated rings. The van der Waals surface area contributed by atoms with Gasteiger partial charge in [0.2, 0.25) is 0 Å². The van der Waals surface area contributed by atoms with Crippen molar-refractivity contribution < 1.29 is 9.84 Å². The van der Waals surface area contributed by atoms with Crippen molar-refractivity contribution in [2.75, 3.05) is 17.9 Å². The van der Waals surface area contributed by atoms with Crippen LogP contribution >= 0.6 is 0 Å². The van der Waals surface area contributed by atoms with E-state index in [4.69, 9.17) is 4.74 Å². The summed E-state index contributed by atoms with van der Waals surface area (Å²) in [5, 5.41) is 17.1. The minimum atomic E-state index is 0.255. The number of nitrogens with one attached hydrogen (secondary N) is 2. The zero-order valence-corrected chi connectivity index (χ0v) is 14.7. The lowest BCUT2D eigenvalue weighted by Crippen LogP contribution is -1.94. The zero-order valence-electron chi connectivity index (χ0n) is 14.7. The molecular formula is C21H21N3O2. The van der Waals surface area contributed by atoms with Crippen molar-refractivity contribution in [3.63, 3.8) is 0 Å². The topological polar surface area (TPSA) is 65.9 Å². The predicted octanol–water partition coefficient (Wildman–Crippen LogP) is 4.90. The second kappa shape index (κ2) is 8.07. The van der Waals surface area contributed by atoms with E-state index in [1.54, 1.807) is 25.5 Å². The molecule has 0 heterocycles. The third-order valence-corrected chi connectivity index (χ3v) is 3.89. The second-order valence-electron chi connectivity index (χ2n) is 5.85. The fraction of sp³-hybridized carbons (Fsp3) is 0.0952. The number of aryl methyl sites for hydroxylation is 1. The molecule has 3 aromatic carbocycles. The molecule has 0 aliphatic heterocycles. The van der Waals surface area contributed by atoms with Crippen LogP contribution in [-0.2, 0) is 0 Å². The fourth-order valence-electron chi connectivity index (χ4n) is 2.49. The van der Waals surface area contributed by atoms with Gasteiger partial charge in [0.15, 0.2) is 0 Å². The van der Waals surface area contributed by atoms with Crippen molar-refractivity contribution in [2.24, 2.45) is 5.10 Å². The van der Waals surface area contributed by atoms with E-state index in [2.05, 4.69) is 15.8 Å². The Hall–Kier alpha value is -3.47. The van der Waals surface area contributed by atoms with Gasteiger partial charge in [-0.15, -0.1) is 0 Å². The molecule has 0 amide bonds. The Morgan fingerprint density at radius 2 is 1.69 bits per heavy atom. The summed E-state index contributed by atoms with van der Waals surface area (Å²) in [6.45, 7) is 1.93. The molecule has 0 unspecified atom stereocenters. The van der Waals surface area contributed by atoms with Gasteiger partial charge in [-0.2, -0.15) is 5.10 Å². The van der Waals surface area contributed by atoms with Gasteiger partial charge in [-0.3, -0.25) is 5.43 Å². The highest BCUT2D eigenvalue weighted by Crippen LogP contribution is 2.22. The molecule has 0 atom stereocenters. The molecule has 0 aromatic heterocycles. The molecule has 0 radical (unpaired) electrons. The number of hydrogen-bond donors (Lipinski definition) is 3. The van der Waals surface area contributed by atoms with E-state index >= 15 is 0 Å². The van der Waals surface area contributed by atoms with Crippen LogP contribution in [0.5, 0.6) is 11.5 Å². The van der Waals surface area contributed by atoms with Crippen LogP contribution in [0, 0.1) is 6.92 Å². The Bertz CT molecular complexity index is 905. The van der Waals surface area contributed by atoms with Crippen molar-refractivity contribution >= 4 is 23.3 Å². The number of hydrogen-bond acceptors (Lipinski definition) is 5. The van der Waals surface area contributed by atoms with Gasteiger partial charge in [0.1, 0.15) is 11.5 Å². The van der Waals surface area contributed by atoms with Gasteiger partial charge in [-0.1, -0.05) is 6.07 Å². The van der Waals surface area contributed by atoms with Gasteiger partial charge in [0, 0.05) is 11.4 Å². The second-order valence-corrected chi connectivity index (χ2v) is 5.85. The average molecular weight is 347 g/mol. The molecule has 0 spiro atoms. The van der Waals surface area contributed by atoms with E-state index in [1.165, 1.54) is 0 Å². The summed E-state index contributed by atoms with van der Waals surface area (Å²) in [7, 11) is 1.65. The van der Waals surface area contributed by atoms with Gasteiger partial charge in [0.05, 0.1) is 19.0 Å². The van der Waals surface area contributed by atoms with E-state index in [1.807, 2.05) is 61.5 Å². The molecule has 0 saturated carbocycles. The standard InChI is InChI=1S/C21H21N3O2/c1-15-12-20(25)9-6-16(15)14-22-24-19-5-3-4-18(13-19)23-17-7-10-21(26-2)11-8-17/h3-14,23-25H,1-2H3/b22-14+. The van der Waals surface area contributed by atoms with Gasteiger partial charge in [-0.05, 0) is 78.7 Å². The van der Waals surface area contributed by atoms with Crippen LogP contribution in [0.25, 0.3) is 0 Å². The number of nitrogens with zero attached hydrogens (tertiary/aromatic N) is 1. The van der Waals surface area contributed by atoms with Gasteiger partial charge in [0.25, 0.3) is 0 Å². The quantitative estimate of drug-likeness (QED) is 0.438. The van der Waals surface area contributed by atoms with E-state index < -0.39 is 0 Å². The number of methoxy groups -OCH3 is 1. The number of phenols is 1. The lowest BCUT2D eigenvalue weighted by Gasteiger charge is -2.09. The fourth-order valence-corrected chi connectivity index (χ4v) is 2.49. The van der Waals surface area contributed by atoms with Crippen LogP contribution in [0.1, 0.15) is 11.1 Å². The maximum Gasteiger partial charge on any atom is 0.119 e. The van der Waals surface area contributed by atoms with Crippen LogP contribution in [0.15, 0.2) is 71.8 Å². The van der Waals surface area contributed by atoms with Gasteiger partial charge in [-0.25, -0.2) is 0 Å².